The van der Waals surface area contributed by atoms with Crippen LogP contribution in [0.4, 0.5) is 0 Å². The number of rotatable bonds is 5. The van der Waals surface area contributed by atoms with E-state index in [4.69, 9.17) is 9.47 Å². The van der Waals surface area contributed by atoms with Gasteiger partial charge in [0.1, 0.15) is 23.7 Å². The van der Waals surface area contributed by atoms with Crippen molar-refractivity contribution in [1.82, 2.24) is 14.9 Å². The van der Waals surface area contributed by atoms with Gasteiger partial charge < -0.3 is 19.4 Å². The van der Waals surface area contributed by atoms with Gasteiger partial charge in [-0.05, 0) is 36.0 Å². The molecule has 7 nitrogen and oxygen atoms in total. The Balaban J connectivity index is 1.63. The molecule has 0 bridgehead atoms. The number of likely N-dealkylation sites (tertiary alicyclic amines) is 1. The zero-order chi connectivity index (χ0) is 21.0. The van der Waals surface area contributed by atoms with Crippen molar-refractivity contribution in [3.8, 4) is 5.75 Å². The summed E-state index contributed by atoms with van der Waals surface area (Å²) in [6.07, 6.45) is 3.12. The molecule has 1 N–H and O–H groups in total. The number of benzene rings is 1. The van der Waals surface area contributed by atoms with E-state index in [0.717, 1.165) is 12.8 Å². The van der Waals surface area contributed by atoms with Gasteiger partial charge in [-0.3, -0.25) is 9.59 Å². The average molecular weight is 399 g/mol. The molecule has 0 aliphatic carbocycles. The predicted octanol–water partition coefficient (Wildman–Crippen LogP) is 2.90. The van der Waals surface area contributed by atoms with Crippen molar-refractivity contribution in [2.24, 2.45) is 0 Å². The van der Waals surface area contributed by atoms with E-state index in [1.165, 1.54) is 11.8 Å². The Labute approximate surface area is 171 Å². The highest BCUT2D eigenvalue weighted by atomic mass is 16.5. The van der Waals surface area contributed by atoms with Crippen LogP contribution >= 0.6 is 0 Å². The number of H-pyrrole nitrogens is 1. The van der Waals surface area contributed by atoms with Crippen LogP contribution in [0, 0.1) is 0 Å². The van der Waals surface area contributed by atoms with Crippen LogP contribution in [0.3, 0.4) is 0 Å². The number of aromatic nitrogens is 2. The number of nitrogens with zero attached hydrogens (tertiary/aromatic N) is 2. The van der Waals surface area contributed by atoms with Crippen molar-refractivity contribution in [2.45, 2.75) is 51.7 Å². The Morgan fingerprint density at radius 1 is 1.28 bits per heavy atom. The Bertz CT molecular complexity index is 900. The molecule has 1 aromatic heterocycles. The molecular weight excluding hydrogens is 370 g/mol. The molecule has 0 radical (unpaired) electrons. The number of carbonyl (C=O) groups excluding carboxylic acids is 1. The number of ether oxygens (including phenoxy) is 2. The smallest absolute Gasteiger partial charge is 0.263 e. The fourth-order valence-electron chi connectivity index (χ4n) is 3.35. The summed E-state index contributed by atoms with van der Waals surface area (Å²) in [5, 5.41) is 0. The van der Waals surface area contributed by atoms with Crippen LogP contribution in [0.5, 0.6) is 5.75 Å². The molecule has 0 spiro atoms. The Hall–Kier alpha value is -2.67. The van der Waals surface area contributed by atoms with E-state index in [2.05, 4.69) is 30.7 Å². The topological polar surface area (TPSA) is 84.5 Å². The highest BCUT2D eigenvalue weighted by Gasteiger charge is 2.26. The normalized spacial score (nSPS) is 17.2. The lowest BCUT2D eigenvalue weighted by molar-refractivity contribution is 0.0267. The molecular formula is C22H29N3O4. The number of hydrogen-bond acceptors (Lipinski definition) is 5. The zero-order valence-corrected chi connectivity index (χ0v) is 17.5. The fraction of sp³-hybridized carbons (Fsp3) is 0.500. The van der Waals surface area contributed by atoms with Crippen molar-refractivity contribution in [2.75, 3.05) is 20.2 Å². The maximum atomic E-state index is 12.7. The van der Waals surface area contributed by atoms with Gasteiger partial charge in [-0.25, -0.2) is 4.98 Å². The number of carbonyl (C=O) groups is 1. The van der Waals surface area contributed by atoms with Gasteiger partial charge in [-0.2, -0.15) is 0 Å². The number of nitrogens with one attached hydrogen (secondary N) is 1. The van der Waals surface area contributed by atoms with Crippen LogP contribution in [-0.2, 0) is 16.8 Å². The highest BCUT2D eigenvalue weighted by molar-refractivity contribution is 5.93. The van der Waals surface area contributed by atoms with Gasteiger partial charge in [-0.15, -0.1) is 0 Å². The summed E-state index contributed by atoms with van der Waals surface area (Å²) in [6, 6.07) is 7.86. The van der Waals surface area contributed by atoms with Crippen LogP contribution < -0.4 is 10.3 Å². The molecule has 1 aliphatic heterocycles. The molecule has 29 heavy (non-hydrogen) atoms. The van der Waals surface area contributed by atoms with E-state index in [-0.39, 0.29) is 29.6 Å². The van der Waals surface area contributed by atoms with E-state index in [1.54, 1.807) is 12.0 Å². The summed E-state index contributed by atoms with van der Waals surface area (Å²) >= 11 is 0. The maximum Gasteiger partial charge on any atom is 0.263 e. The third-order valence-electron chi connectivity index (χ3n) is 5.18. The van der Waals surface area contributed by atoms with Gasteiger partial charge in [0.05, 0.1) is 6.10 Å². The third kappa shape index (κ3) is 5.23. The van der Waals surface area contributed by atoms with Gasteiger partial charge in [0.25, 0.3) is 11.5 Å². The van der Waals surface area contributed by atoms with E-state index in [1.807, 2.05) is 24.3 Å². The first kappa shape index (κ1) is 21.0. The molecule has 1 unspecified atom stereocenters. The van der Waals surface area contributed by atoms with E-state index in [0.29, 0.717) is 24.7 Å². The highest BCUT2D eigenvalue weighted by Crippen LogP contribution is 2.24. The minimum atomic E-state index is -0.453. The van der Waals surface area contributed by atoms with Crippen molar-refractivity contribution in [3.63, 3.8) is 0 Å². The first-order chi connectivity index (χ1) is 13.8. The Kier molecular flexibility index (Phi) is 6.37. The van der Waals surface area contributed by atoms with Crippen LogP contribution in [-0.4, -0.2) is 47.1 Å². The minimum absolute atomic E-state index is 0.0112. The second kappa shape index (κ2) is 8.78. The van der Waals surface area contributed by atoms with Gasteiger partial charge in [0, 0.05) is 26.4 Å². The van der Waals surface area contributed by atoms with Crippen molar-refractivity contribution < 1.29 is 14.3 Å². The molecule has 7 heteroatoms. The van der Waals surface area contributed by atoms with Crippen molar-refractivity contribution >= 4 is 5.91 Å². The number of methoxy groups -OCH3 is 1. The van der Waals surface area contributed by atoms with E-state index in [9.17, 15) is 9.59 Å². The summed E-state index contributed by atoms with van der Waals surface area (Å²) in [4.78, 5) is 33.6. The lowest BCUT2D eigenvalue weighted by Gasteiger charge is -2.31. The van der Waals surface area contributed by atoms with Crippen LogP contribution in [0.25, 0.3) is 0 Å². The Morgan fingerprint density at radius 2 is 2.00 bits per heavy atom. The summed E-state index contributed by atoms with van der Waals surface area (Å²) in [5.41, 5.74) is 0.879. The summed E-state index contributed by atoms with van der Waals surface area (Å²) in [5.74, 6) is 0.755. The lowest BCUT2D eigenvalue weighted by atomic mass is 9.87. The molecule has 3 rings (SSSR count). The number of amides is 1. The molecule has 1 aromatic carbocycles. The van der Waals surface area contributed by atoms with Crippen molar-refractivity contribution in [1.29, 1.82) is 0 Å². The van der Waals surface area contributed by atoms with Gasteiger partial charge in [0.15, 0.2) is 0 Å². The first-order valence-electron chi connectivity index (χ1n) is 9.91. The maximum absolute atomic E-state index is 12.7. The second-order valence-corrected chi connectivity index (χ2v) is 8.39. The van der Waals surface area contributed by atoms with Gasteiger partial charge >= 0.3 is 0 Å². The molecule has 156 valence electrons. The molecule has 2 heterocycles. The van der Waals surface area contributed by atoms with Crippen LogP contribution in [0.15, 0.2) is 35.3 Å². The summed E-state index contributed by atoms with van der Waals surface area (Å²) in [6.45, 7) is 7.69. The third-order valence-corrected chi connectivity index (χ3v) is 5.18. The van der Waals surface area contributed by atoms with Gasteiger partial charge in [0.2, 0.25) is 0 Å². The molecule has 1 aliphatic rings. The SMILES string of the molecule is COC1CCCN(C(=O)c2cnc(COc3ccc(C(C)(C)C)cc3)[nH]c2=O)C1. The number of hydrogen-bond donors (Lipinski definition) is 1. The van der Waals surface area contributed by atoms with E-state index >= 15 is 0 Å². The zero-order valence-electron chi connectivity index (χ0n) is 17.5. The summed E-state index contributed by atoms with van der Waals surface area (Å²) in [7, 11) is 1.64. The Morgan fingerprint density at radius 3 is 2.62 bits per heavy atom. The molecule has 0 saturated carbocycles. The average Bonchev–Trinajstić information content (AvgIpc) is 2.71. The van der Waals surface area contributed by atoms with Crippen LogP contribution in [0.1, 0.15) is 55.4 Å². The van der Waals surface area contributed by atoms with Gasteiger partial charge in [-0.1, -0.05) is 32.9 Å². The van der Waals surface area contributed by atoms with Crippen molar-refractivity contribution in [3.05, 3.63) is 57.8 Å². The largest absolute Gasteiger partial charge is 0.486 e. The molecule has 1 amide bonds. The molecule has 1 atom stereocenters. The van der Waals surface area contributed by atoms with E-state index < -0.39 is 5.56 Å². The predicted molar refractivity (Wildman–Crippen MR) is 110 cm³/mol. The quantitative estimate of drug-likeness (QED) is 0.836. The standard InChI is InChI=1S/C22H29N3O4/c1-22(2,3)15-7-9-16(10-8-15)29-14-19-23-12-18(20(26)24-19)21(27)25-11-5-6-17(13-25)28-4/h7-10,12,17H,5-6,11,13-14H2,1-4H3,(H,23,24,26). The fourth-order valence-corrected chi connectivity index (χ4v) is 3.35. The lowest BCUT2D eigenvalue weighted by Crippen LogP contribution is -2.44. The minimum Gasteiger partial charge on any atom is -0.486 e. The van der Waals surface area contributed by atoms with Crippen LogP contribution in [0.2, 0.25) is 0 Å². The monoisotopic (exact) mass is 399 g/mol. The second-order valence-electron chi connectivity index (χ2n) is 8.39. The molecule has 1 fully saturated rings. The first-order valence-corrected chi connectivity index (χ1v) is 9.91. The summed E-state index contributed by atoms with van der Waals surface area (Å²) < 4.78 is 11.1. The molecule has 2 aromatic rings. The molecule has 1 saturated heterocycles. The number of piperidine rings is 1. The number of aromatic amines is 1.